The SMILES string of the molecule is CC(=O)N1C(C)(C)CCC(N(N)C(=O)C(N)=O)C1(C)C. The Hall–Kier alpha value is -1.63. The number of primary amides is 1. The van der Waals surface area contributed by atoms with Gasteiger partial charge in [0.05, 0.1) is 11.6 Å². The number of hydrogen-bond acceptors (Lipinski definition) is 4. The molecule has 1 fully saturated rings. The summed E-state index contributed by atoms with van der Waals surface area (Å²) in [6.07, 6.45) is 1.28. The molecule has 1 heterocycles. The Labute approximate surface area is 119 Å². The summed E-state index contributed by atoms with van der Waals surface area (Å²) in [7, 11) is 0. The molecule has 0 spiro atoms. The first-order valence-corrected chi connectivity index (χ1v) is 6.61. The van der Waals surface area contributed by atoms with Crippen LogP contribution in [0, 0.1) is 0 Å². The maximum Gasteiger partial charge on any atom is 0.325 e. The number of carbonyl (C=O) groups is 3. The fourth-order valence-corrected chi connectivity index (χ4v) is 3.46. The molecule has 114 valence electrons. The summed E-state index contributed by atoms with van der Waals surface area (Å²) in [5.41, 5.74) is 3.97. The Bertz CT molecular complexity index is 445. The van der Waals surface area contributed by atoms with Gasteiger partial charge in [0.25, 0.3) is 0 Å². The van der Waals surface area contributed by atoms with Crippen LogP contribution in [0.2, 0.25) is 0 Å². The smallest absolute Gasteiger partial charge is 0.325 e. The highest BCUT2D eigenvalue weighted by Gasteiger charge is 2.51. The minimum absolute atomic E-state index is 0.0929. The second-order valence-electron chi connectivity index (χ2n) is 6.45. The third-order valence-corrected chi connectivity index (χ3v) is 4.12. The third kappa shape index (κ3) is 2.63. The Balaban J connectivity index is 3.16. The summed E-state index contributed by atoms with van der Waals surface area (Å²) in [4.78, 5) is 36.4. The maximum atomic E-state index is 12.0. The number of likely N-dealkylation sites (tertiary alicyclic amines) is 1. The van der Waals surface area contributed by atoms with Gasteiger partial charge in [-0.05, 0) is 40.5 Å². The second-order valence-corrected chi connectivity index (χ2v) is 6.45. The summed E-state index contributed by atoms with van der Waals surface area (Å²) in [6.45, 7) is 9.12. The minimum atomic E-state index is -1.09. The number of nitrogens with two attached hydrogens (primary N) is 2. The summed E-state index contributed by atoms with van der Waals surface area (Å²) in [5.74, 6) is 3.64. The first-order chi connectivity index (χ1) is 8.93. The van der Waals surface area contributed by atoms with Crippen LogP contribution in [0.15, 0.2) is 0 Å². The van der Waals surface area contributed by atoms with E-state index in [9.17, 15) is 14.4 Å². The van der Waals surface area contributed by atoms with E-state index in [-0.39, 0.29) is 11.4 Å². The lowest BCUT2D eigenvalue weighted by molar-refractivity contribution is -0.162. The van der Waals surface area contributed by atoms with Crippen LogP contribution in [0.4, 0.5) is 0 Å². The van der Waals surface area contributed by atoms with E-state index < -0.39 is 23.4 Å². The number of amides is 3. The standard InChI is InChI=1S/C13H24N4O3/c1-8(18)17-12(2,3)7-6-9(13(17,4)5)16(15)11(20)10(14)19/h9H,6-7,15H2,1-5H3,(H2,14,19). The van der Waals surface area contributed by atoms with Crippen molar-refractivity contribution in [3.05, 3.63) is 0 Å². The molecule has 1 rings (SSSR count). The van der Waals surface area contributed by atoms with Crippen molar-refractivity contribution in [2.75, 3.05) is 0 Å². The van der Waals surface area contributed by atoms with Crippen LogP contribution >= 0.6 is 0 Å². The number of nitrogens with zero attached hydrogens (tertiary/aromatic N) is 2. The average molecular weight is 284 g/mol. The Morgan fingerprint density at radius 1 is 1.20 bits per heavy atom. The highest BCUT2D eigenvalue weighted by molar-refractivity contribution is 6.34. The molecular weight excluding hydrogens is 260 g/mol. The van der Waals surface area contributed by atoms with Gasteiger partial charge in [0, 0.05) is 12.5 Å². The van der Waals surface area contributed by atoms with Crippen LogP contribution < -0.4 is 11.6 Å². The summed E-state index contributed by atoms with van der Waals surface area (Å²) < 4.78 is 0. The van der Waals surface area contributed by atoms with Crippen molar-refractivity contribution in [3.8, 4) is 0 Å². The molecular formula is C13H24N4O3. The lowest BCUT2D eigenvalue weighted by Gasteiger charge is -2.57. The van der Waals surface area contributed by atoms with E-state index in [2.05, 4.69) is 0 Å². The van der Waals surface area contributed by atoms with E-state index >= 15 is 0 Å². The van der Waals surface area contributed by atoms with Gasteiger partial charge in [-0.25, -0.2) is 5.84 Å². The molecule has 0 aromatic rings. The summed E-state index contributed by atoms with van der Waals surface area (Å²) in [5, 5.41) is 0.869. The molecule has 0 aliphatic carbocycles. The van der Waals surface area contributed by atoms with Crippen LogP contribution in [0.1, 0.15) is 47.5 Å². The van der Waals surface area contributed by atoms with Gasteiger partial charge in [0.2, 0.25) is 5.91 Å². The molecule has 4 N–H and O–H groups in total. The van der Waals surface area contributed by atoms with Crippen molar-refractivity contribution < 1.29 is 14.4 Å². The zero-order chi connectivity index (χ0) is 15.9. The molecule has 0 saturated carbocycles. The highest BCUT2D eigenvalue weighted by atomic mass is 16.2. The molecule has 20 heavy (non-hydrogen) atoms. The van der Waals surface area contributed by atoms with Gasteiger partial charge >= 0.3 is 11.8 Å². The van der Waals surface area contributed by atoms with E-state index in [1.54, 1.807) is 4.90 Å². The fourth-order valence-electron chi connectivity index (χ4n) is 3.46. The van der Waals surface area contributed by atoms with Gasteiger partial charge in [-0.15, -0.1) is 0 Å². The minimum Gasteiger partial charge on any atom is -0.361 e. The maximum absolute atomic E-state index is 12.0. The first kappa shape index (κ1) is 16.4. The zero-order valence-electron chi connectivity index (χ0n) is 12.8. The molecule has 1 saturated heterocycles. The van der Waals surface area contributed by atoms with Crippen molar-refractivity contribution >= 4 is 17.7 Å². The predicted molar refractivity (Wildman–Crippen MR) is 73.9 cm³/mol. The quantitative estimate of drug-likeness (QED) is 0.299. The van der Waals surface area contributed by atoms with Gasteiger partial charge in [0.15, 0.2) is 0 Å². The van der Waals surface area contributed by atoms with Gasteiger partial charge in [-0.2, -0.15) is 0 Å². The van der Waals surface area contributed by atoms with Crippen LogP contribution in [0.5, 0.6) is 0 Å². The van der Waals surface area contributed by atoms with Crippen molar-refractivity contribution in [1.82, 2.24) is 9.91 Å². The molecule has 0 bridgehead atoms. The van der Waals surface area contributed by atoms with E-state index in [0.717, 1.165) is 5.01 Å². The number of carbonyl (C=O) groups excluding carboxylic acids is 3. The molecule has 0 radical (unpaired) electrons. The van der Waals surface area contributed by atoms with Gasteiger partial charge < -0.3 is 10.6 Å². The highest BCUT2D eigenvalue weighted by Crippen LogP contribution is 2.40. The van der Waals surface area contributed by atoms with Gasteiger partial charge in [-0.1, -0.05) is 0 Å². The van der Waals surface area contributed by atoms with Crippen LogP contribution in [-0.4, -0.2) is 44.8 Å². The number of hydrazine groups is 1. The Kier molecular flexibility index (Phi) is 4.14. The monoisotopic (exact) mass is 284 g/mol. The third-order valence-electron chi connectivity index (χ3n) is 4.12. The second kappa shape index (κ2) is 5.05. The van der Waals surface area contributed by atoms with Crippen molar-refractivity contribution in [2.24, 2.45) is 11.6 Å². The lowest BCUT2D eigenvalue weighted by atomic mass is 9.76. The molecule has 1 aliphatic rings. The van der Waals surface area contributed by atoms with E-state index in [1.807, 2.05) is 27.7 Å². The van der Waals surface area contributed by atoms with Crippen molar-refractivity contribution in [1.29, 1.82) is 0 Å². The van der Waals surface area contributed by atoms with Gasteiger partial charge in [-0.3, -0.25) is 19.4 Å². The molecule has 0 aromatic heterocycles. The Morgan fingerprint density at radius 2 is 1.70 bits per heavy atom. The first-order valence-electron chi connectivity index (χ1n) is 6.61. The number of hydrogen-bond donors (Lipinski definition) is 2. The van der Waals surface area contributed by atoms with Crippen LogP contribution in [0.25, 0.3) is 0 Å². The largest absolute Gasteiger partial charge is 0.361 e. The lowest BCUT2D eigenvalue weighted by Crippen LogP contribution is -2.71. The van der Waals surface area contributed by atoms with E-state index in [0.29, 0.717) is 12.8 Å². The molecule has 3 amide bonds. The number of piperidine rings is 1. The molecule has 0 aromatic carbocycles. The van der Waals surface area contributed by atoms with Crippen LogP contribution in [-0.2, 0) is 14.4 Å². The van der Waals surface area contributed by atoms with Crippen molar-refractivity contribution in [2.45, 2.75) is 64.6 Å². The number of rotatable bonds is 1. The van der Waals surface area contributed by atoms with Crippen molar-refractivity contribution in [3.63, 3.8) is 0 Å². The summed E-state index contributed by atoms with van der Waals surface area (Å²) >= 11 is 0. The average Bonchev–Trinajstić information content (AvgIpc) is 2.24. The molecule has 1 aliphatic heterocycles. The molecule has 1 atom stereocenters. The predicted octanol–water partition coefficient (Wildman–Crippen LogP) is -0.258. The van der Waals surface area contributed by atoms with Crippen LogP contribution in [0.3, 0.4) is 0 Å². The molecule has 7 heteroatoms. The Morgan fingerprint density at radius 3 is 2.10 bits per heavy atom. The van der Waals surface area contributed by atoms with E-state index in [4.69, 9.17) is 11.6 Å². The zero-order valence-corrected chi connectivity index (χ0v) is 12.8. The van der Waals surface area contributed by atoms with E-state index in [1.165, 1.54) is 6.92 Å². The molecule has 7 nitrogen and oxygen atoms in total. The topological polar surface area (TPSA) is 110 Å². The summed E-state index contributed by atoms with van der Waals surface area (Å²) in [6, 6.07) is -0.459. The normalized spacial score (nSPS) is 24.1. The molecule has 1 unspecified atom stereocenters. The fraction of sp³-hybridized carbons (Fsp3) is 0.769. The van der Waals surface area contributed by atoms with Gasteiger partial charge in [0.1, 0.15) is 0 Å².